The van der Waals surface area contributed by atoms with Crippen LogP contribution in [0, 0.1) is 0 Å². The van der Waals surface area contributed by atoms with Gasteiger partial charge in [0, 0.05) is 12.6 Å². The van der Waals surface area contributed by atoms with Gasteiger partial charge in [-0.3, -0.25) is 9.69 Å². The van der Waals surface area contributed by atoms with E-state index in [1.54, 1.807) is 63.4 Å². The molecule has 1 aromatic heterocycles. The van der Waals surface area contributed by atoms with Gasteiger partial charge in [0.15, 0.2) is 0 Å². The van der Waals surface area contributed by atoms with Crippen LogP contribution in [0.15, 0.2) is 66.9 Å². The molecule has 0 saturated heterocycles. The molecule has 0 aliphatic carbocycles. The minimum Gasteiger partial charge on any atom is -0.467 e. The van der Waals surface area contributed by atoms with Crippen LogP contribution in [0.25, 0.3) is 0 Å². The van der Waals surface area contributed by atoms with Crippen LogP contribution in [0.3, 0.4) is 0 Å². The molecule has 0 bridgehead atoms. The third kappa shape index (κ3) is 7.94. The molecule has 0 fully saturated rings. The van der Waals surface area contributed by atoms with Crippen LogP contribution in [-0.2, 0) is 27.2 Å². The summed E-state index contributed by atoms with van der Waals surface area (Å²) in [6.07, 6.45) is 1.25. The average Bonchev–Trinajstić information content (AvgIpc) is 2.86. The lowest BCUT2D eigenvalue weighted by atomic mass is 10.0. The van der Waals surface area contributed by atoms with Crippen molar-refractivity contribution in [3.05, 3.63) is 93.6 Å². The Balaban J connectivity index is 1.76. The zero-order valence-electron chi connectivity index (χ0n) is 21.5. The maximum absolute atomic E-state index is 12.9. The molecule has 8 nitrogen and oxygen atoms in total. The molecule has 3 aromatic rings. The highest BCUT2D eigenvalue weighted by Crippen LogP contribution is 2.24. The Kier molecular flexibility index (Phi) is 9.72. The van der Waals surface area contributed by atoms with Crippen molar-refractivity contribution in [1.82, 2.24) is 10.3 Å². The standard InChI is InChI=1S/C28H29Cl2N3O5/c1-28(2,3)38-27(36)33(23-10-5-6-15-31-23)17-19-13-11-18(12-14-19)16-22(26(35)37-4)32-25(34)24-20(29)8-7-9-21(24)30/h5-15,22H,16-17H2,1-4H3,(H,32,34)/t22-/m0/s1. The molecule has 0 aliphatic rings. The summed E-state index contributed by atoms with van der Waals surface area (Å²) in [7, 11) is 1.25. The Bertz CT molecular complexity index is 1260. The second kappa shape index (κ2) is 12.8. The first-order valence-electron chi connectivity index (χ1n) is 11.8. The fraction of sp³-hybridized carbons (Fsp3) is 0.286. The summed E-state index contributed by atoms with van der Waals surface area (Å²) in [6.45, 7) is 5.61. The molecule has 3 rings (SSSR count). The van der Waals surface area contributed by atoms with E-state index in [2.05, 4.69) is 10.3 Å². The first kappa shape index (κ1) is 28.9. The van der Waals surface area contributed by atoms with Gasteiger partial charge in [-0.25, -0.2) is 14.6 Å². The normalized spacial score (nSPS) is 11.8. The summed E-state index contributed by atoms with van der Waals surface area (Å²) in [6, 6.07) is 16.3. The topological polar surface area (TPSA) is 97.8 Å². The fourth-order valence-corrected chi connectivity index (χ4v) is 4.12. The Hall–Kier alpha value is -3.62. The summed E-state index contributed by atoms with van der Waals surface area (Å²) in [5, 5.41) is 3.00. The number of hydrogen-bond donors (Lipinski definition) is 1. The van der Waals surface area contributed by atoms with Crippen molar-refractivity contribution in [2.45, 2.75) is 45.4 Å². The van der Waals surface area contributed by atoms with Crippen LogP contribution in [0.2, 0.25) is 10.0 Å². The number of aromatic nitrogens is 1. The SMILES string of the molecule is COC(=O)[C@H](Cc1ccc(CN(C(=O)OC(C)(C)C)c2ccccn2)cc1)NC(=O)c1c(Cl)cccc1Cl. The van der Waals surface area contributed by atoms with E-state index in [0.717, 1.165) is 11.1 Å². The Morgan fingerprint density at radius 2 is 1.58 bits per heavy atom. The van der Waals surface area contributed by atoms with Gasteiger partial charge in [0.2, 0.25) is 0 Å². The Labute approximate surface area is 231 Å². The predicted octanol–water partition coefficient (Wildman–Crippen LogP) is 5.84. The molecule has 1 heterocycles. The van der Waals surface area contributed by atoms with Crippen molar-refractivity contribution in [2.75, 3.05) is 12.0 Å². The van der Waals surface area contributed by atoms with Gasteiger partial charge in [-0.15, -0.1) is 0 Å². The molecular formula is C28H29Cl2N3O5. The number of nitrogens with zero attached hydrogens (tertiary/aromatic N) is 2. The number of carbonyl (C=O) groups is 3. The minimum atomic E-state index is -0.975. The van der Waals surface area contributed by atoms with Crippen molar-refractivity contribution < 1.29 is 23.9 Å². The van der Waals surface area contributed by atoms with Gasteiger partial charge in [-0.05, 0) is 56.2 Å². The lowest BCUT2D eigenvalue weighted by Crippen LogP contribution is -2.43. The number of nitrogens with one attached hydrogen (secondary N) is 1. The van der Waals surface area contributed by atoms with Gasteiger partial charge in [0.05, 0.1) is 29.3 Å². The van der Waals surface area contributed by atoms with Crippen LogP contribution in [0.1, 0.15) is 42.3 Å². The second-order valence-electron chi connectivity index (χ2n) is 9.42. The molecule has 1 N–H and O–H groups in total. The van der Waals surface area contributed by atoms with E-state index in [1.807, 2.05) is 24.3 Å². The number of carbonyl (C=O) groups excluding carboxylic acids is 3. The molecule has 10 heteroatoms. The predicted molar refractivity (Wildman–Crippen MR) is 147 cm³/mol. The average molecular weight is 558 g/mol. The molecule has 2 aromatic carbocycles. The summed E-state index contributed by atoms with van der Waals surface area (Å²) in [5.41, 5.74) is 0.982. The molecule has 38 heavy (non-hydrogen) atoms. The van der Waals surface area contributed by atoms with Crippen molar-refractivity contribution in [3.63, 3.8) is 0 Å². The van der Waals surface area contributed by atoms with Gasteiger partial charge < -0.3 is 14.8 Å². The molecule has 200 valence electrons. The van der Waals surface area contributed by atoms with E-state index in [-0.39, 0.29) is 28.6 Å². The molecule has 0 unspecified atom stereocenters. The van der Waals surface area contributed by atoms with Crippen LogP contribution in [0.4, 0.5) is 10.6 Å². The number of halogens is 2. The zero-order valence-corrected chi connectivity index (χ0v) is 23.0. The van der Waals surface area contributed by atoms with E-state index in [0.29, 0.717) is 5.82 Å². The number of pyridine rings is 1. The summed E-state index contributed by atoms with van der Waals surface area (Å²) < 4.78 is 10.5. The summed E-state index contributed by atoms with van der Waals surface area (Å²) in [5.74, 6) is -0.745. The number of esters is 1. The molecule has 0 saturated carbocycles. The van der Waals surface area contributed by atoms with Gasteiger partial charge in [0.25, 0.3) is 5.91 Å². The van der Waals surface area contributed by atoms with E-state index in [9.17, 15) is 14.4 Å². The van der Waals surface area contributed by atoms with Crippen molar-refractivity contribution >= 4 is 47.0 Å². The number of hydrogen-bond acceptors (Lipinski definition) is 6. The first-order valence-corrected chi connectivity index (χ1v) is 12.6. The highest BCUT2D eigenvalue weighted by Gasteiger charge is 2.26. The lowest BCUT2D eigenvalue weighted by Gasteiger charge is -2.27. The van der Waals surface area contributed by atoms with E-state index in [1.165, 1.54) is 12.0 Å². The minimum absolute atomic E-state index is 0.0804. The Morgan fingerprint density at radius 1 is 0.947 bits per heavy atom. The van der Waals surface area contributed by atoms with Crippen molar-refractivity contribution in [3.8, 4) is 0 Å². The quantitative estimate of drug-likeness (QED) is 0.349. The highest BCUT2D eigenvalue weighted by molar-refractivity contribution is 6.39. The van der Waals surface area contributed by atoms with Gasteiger partial charge in [-0.2, -0.15) is 0 Å². The molecule has 0 aliphatic heterocycles. The largest absolute Gasteiger partial charge is 0.467 e. The second-order valence-corrected chi connectivity index (χ2v) is 10.2. The van der Waals surface area contributed by atoms with Crippen LogP contribution < -0.4 is 10.2 Å². The number of anilines is 1. The van der Waals surface area contributed by atoms with E-state index >= 15 is 0 Å². The highest BCUT2D eigenvalue weighted by atomic mass is 35.5. The fourth-order valence-electron chi connectivity index (χ4n) is 3.55. The molecule has 0 spiro atoms. The van der Waals surface area contributed by atoms with E-state index < -0.39 is 29.6 Å². The van der Waals surface area contributed by atoms with Gasteiger partial charge in [-0.1, -0.05) is 59.6 Å². The molecule has 0 radical (unpaired) electrons. The summed E-state index contributed by atoms with van der Waals surface area (Å²) in [4.78, 5) is 43.9. The van der Waals surface area contributed by atoms with E-state index in [4.69, 9.17) is 32.7 Å². The molecule has 2 amide bonds. The van der Waals surface area contributed by atoms with Gasteiger partial charge >= 0.3 is 12.1 Å². The monoisotopic (exact) mass is 557 g/mol. The molecular weight excluding hydrogens is 529 g/mol. The van der Waals surface area contributed by atoms with Crippen molar-refractivity contribution in [1.29, 1.82) is 0 Å². The zero-order chi connectivity index (χ0) is 27.9. The number of rotatable bonds is 8. The number of ether oxygens (including phenoxy) is 2. The maximum Gasteiger partial charge on any atom is 0.416 e. The van der Waals surface area contributed by atoms with Gasteiger partial charge in [0.1, 0.15) is 17.5 Å². The number of amides is 2. The Morgan fingerprint density at radius 3 is 2.13 bits per heavy atom. The van der Waals surface area contributed by atoms with Crippen LogP contribution in [0.5, 0.6) is 0 Å². The van der Waals surface area contributed by atoms with Crippen LogP contribution in [-0.4, -0.2) is 41.7 Å². The smallest absolute Gasteiger partial charge is 0.416 e. The summed E-state index contributed by atoms with van der Waals surface area (Å²) >= 11 is 12.3. The number of benzene rings is 2. The third-order valence-electron chi connectivity index (χ3n) is 5.32. The maximum atomic E-state index is 12.9. The lowest BCUT2D eigenvalue weighted by molar-refractivity contribution is -0.142. The third-order valence-corrected chi connectivity index (χ3v) is 5.95. The number of methoxy groups -OCH3 is 1. The van der Waals surface area contributed by atoms with Crippen molar-refractivity contribution in [2.24, 2.45) is 0 Å². The van der Waals surface area contributed by atoms with Crippen LogP contribution >= 0.6 is 23.2 Å². The molecule has 1 atom stereocenters. The first-order chi connectivity index (χ1) is 18.0.